The molecule has 1 aromatic rings. The number of amides is 3. The molecule has 0 unspecified atom stereocenters. The molecule has 2 fully saturated rings. The molecule has 8 heteroatoms. The number of nitrogens with zero attached hydrogens (tertiary/aromatic N) is 3. The smallest absolute Gasteiger partial charge is 0.257 e. The minimum atomic E-state index is -0.00400. The van der Waals surface area contributed by atoms with Crippen LogP contribution < -0.4 is 5.32 Å². The Bertz CT molecular complexity index is 729. The maximum Gasteiger partial charge on any atom is 0.257 e. The number of rotatable bonds is 4. The summed E-state index contributed by atoms with van der Waals surface area (Å²) in [5.74, 6) is 1.50. The van der Waals surface area contributed by atoms with Crippen molar-refractivity contribution in [3.05, 3.63) is 23.2 Å². The SMILES string of the molecule is CC(=O)N1CCC(NC(=O)CN2CCN(C(=O)c3cc(C)oc3C)CC2)CC1. The van der Waals surface area contributed by atoms with Crippen LogP contribution in [0.2, 0.25) is 0 Å². The van der Waals surface area contributed by atoms with Gasteiger partial charge in [0.2, 0.25) is 11.8 Å². The highest BCUT2D eigenvalue weighted by molar-refractivity contribution is 5.95. The molecule has 0 atom stereocenters. The molecule has 0 spiro atoms. The van der Waals surface area contributed by atoms with Gasteiger partial charge in [0.15, 0.2) is 0 Å². The molecule has 28 heavy (non-hydrogen) atoms. The zero-order valence-electron chi connectivity index (χ0n) is 17.0. The lowest BCUT2D eigenvalue weighted by Gasteiger charge is -2.35. The maximum atomic E-state index is 12.6. The lowest BCUT2D eigenvalue weighted by molar-refractivity contribution is -0.130. The van der Waals surface area contributed by atoms with E-state index in [0.717, 1.165) is 18.6 Å². The van der Waals surface area contributed by atoms with Crippen molar-refractivity contribution in [3.8, 4) is 0 Å². The number of furan rings is 1. The topological polar surface area (TPSA) is 86.1 Å². The Balaban J connectivity index is 1.40. The highest BCUT2D eigenvalue weighted by Crippen LogP contribution is 2.17. The van der Waals surface area contributed by atoms with E-state index in [-0.39, 0.29) is 23.8 Å². The first-order valence-electron chi connectivity index (χ1n) is 9.97. The number of likely N-dealkylation sites (tertiary alicyclic amines) is 1. The molecule has 2 saturated heterocycles. The molecule has 3 amide bonds. The lowest BCUT2D eigenvalue weighted by Crippen LogP contribution is -2.53. The van der Waals surface area contributed by atoms with Crippen LogP contribution in [0.15, 0.2) is 10.5 Å². The predicted molar refractivity (Wildman–Crippen MR) is 104 cm³/mol. The van der Waals surface area contributed by atoms with Crippen molar-refractivity contribution >= 4 is 17.7 Å². The number of hydrogen-bond donors (Lipinski definition) is 1. The quantitative estimate of drug-likeness (QED) is 0.821. The standard InChI is InChI=1S/C20H30N4O4/c1-14-12-18(15(2)28-14)20(27)24-10-8-22(9-11-24)13-19(26)21-17-4-6-23(7-5-17)16(3)25/h12,17H,4-11,13H2,1-3H3,(H,21,26). The molecule has 3 rings (SSSR count). The molecule has 2 aliphatic heterocycles. The minimum absolute atomic E-state index is 0.00400. The normalized spacial score (nSPS) is 19.0. The third kappa shape index (κ3) is 4.92. The Hall–Kier alpha value is -2.35. The van der Waals surface area contributed by atoms with Crippen LogP contribution in [0.25, 0.3) is 0 Å². The number of nitrogens with one attached hydrogen (secondary N) is 1. The monoisotopic (exact) mass is 390 g/mol. The van der Waals surface area contributed by atoms with Crippen molar-refractivity contribution < 1.29 is 18.8 Å². The molecule has 0 bridgehead atoms. The van der Waals surface area contributed by atoms with Gasteiger partial charge in [-0.3, -0.25) is 19.3 Å². The fraction of sp³-hybridized carbons (Fsp3) is 0.650. The van der Waals surface area contributed by atoms with Crippen LogP contribution in [-0.4, -0.2) is 84.3 Å². The van der Waals surface area contributed by atoms with Crippen molar-refractivity contribution in [3.63, 3.8) is 0 Å². The second-order valence-electron chi connectivity index (χ2n) is 7.74. The molecule has 1 aromatic heterocycles. The van der Waals surface area contributed by atoms with Gasteiger partial charge in [0.1, 0.15) is 11.5 Å². The van der Waals surface area contributed by atoms with Crippen molar-refractivity contribution in [1.82, 2.24) is 20.0 Å². The predicted octanol–water partition coefficient (Wildman–Crippen LogP) is 0.781. The third-order valence-electron chi connectivity index (χ3n) is 5.60. The lowest BCUT2D eigenvalue weighted by atomic mass is 10.1. The second-order valence-corrected chi connectivity index (χ2v) is 7.74. The molecule has 0 radical (unpaired) electrons. The van der Waals surface area contributed by atoms with E-state index in [1.807, 2.05) is 23.6 Å². The fourth-order valence-electron chi connectivity index (χ4n) is 3.94. The van der Waals surface area contributed by atoms with Gasteiger partial charge in [-0.25, -0.2) is 0 Å². The van der Waals surface area contributed by atoms with E-state index in [9.17, 15) is 14.4 Å². The number of piperidine rings is 1. The van der Waals surface area contributed by atoms with Gasteiger partial charge in [-0.05, 0) is 32.8 Å². The summed E-state index contributed by atoms with van der Waals surface area (Å²) in [5.41, 5.74) is 0.626. The van der Waals surface area contributed by atoms with Crippen molar-refractivity contribution in [2.45, 2.75) is 39.7 Å². The van der Waals surface area contributed by atoms with Crippen LogP contribution in [0.5, 0.6) is 0 Å². The van der Waals surface area contributed by atoms with Crippen LogP contribution in [0.3, 0.4) is 0 Å². The fourth-order valence-corrected chi connectivity index (χ4v) is 3.94. The average Bonchev–Trinajstić information content (AvgIpc) is 3.00. The number of carbonyl (C=O) groups excluding carboxylic acids is 3. The molecule has 154 valence electrons. The summed E-state index contributed by atoms with van der Waals surface area (Å²) in [6.45, 7) is 9.54. The summed E-state index contributed by atoms with van der Waals surface area (Å²) in [7, 11) is 0. The van der Waals surface area contributed by atoms with E-state index in [4.69, 9.17) is 4.42 Å². The van der Waals surface area contributed by atoms with E-state index < -0.39 is 0 Å². The van der Waals surface area contributed by atoms with Crippen LogP contribution in [0, 0.1) is 13.8 Å². The zero-order valence-corrected chi connectivity index (χ0v) is 17.0. The van der Waals surface area contributed by atoms with Crippen molar-refractivity contribution in [2.75, 3.05) is 45.8 Å². The van der Waals surface area contributed by atoms with Gasteiger partial charge in [-0.1, -0.05) is 0 Å². The zero-order chi connectivity index (χ0) is 20.3. The highest BCUT2D eigenvalue weighted by atomic mass is 16.3. The van der Waals surface area contributed by atoms with Crippen LogP contribution in [0.1, 0.15) is 41.6 Å². The Kier molecular flexibility index (Phi) is 6.39. The summed E-state index contributed by atoms with van der Waals surface area (Å²) in [4.78, 5) is 42.1. The Morgan fingerprint density at radius 1 is 1.04 bits per heavy atom. The van der Waals surface area contributed by atoms with E-state index in [0.29, 0.717) is 57.1 Å². The molecule has 0 aromatic carbocycles. The van der Waals surface area contributed by atoms with E-state index in [1.165, 1.54) is 0 Å². The summed E-state index contributed by atoms with van der Waals surface area (Å²) in [6.07, 6.45) is 1.61. The first-order chi connectivity index (χ1) is 13.3. The van der Waals surface area contributed by atoms with Crippen molar-refractivity contribution in [1.29, 1.82) is 0 Å². The Morgan fingerprint density at radius 2 is 1.68 bits per heavy atom. The molecule has 2 aliphatic rings. The summed E-state index contributed by atoms with van der Waals surface area (Å²) < 4.78 is 5.46. The third-order valence-corrected chi connectivity index (χ3v) is 5.60. The van der Waals surface area contributed by atoms with E-state index in [2.05, 4.69) is 10.2 Å². The number of carbonyl (C=O) groups is 3. The Morgan fingerprint density at radius 3 is 2.21 bits per heavy atom. The van der Waals surface area contributed by atoms with E-state index in [1.54, 1.807) is 13.0 Å². The van der Waals surface area contributed by atoms with Gasteiger partial charge < -0.3 is 19.5 Å². The van der Waals surface area contributed by atoms with E-state index >= 15 is 0 Å². The second kappa shape index (κ2) is 8.77. The van der Waals surface area contributed by atoms with Crippen LogP contribution in [0.4, 0.5) is 0 Å². The van der Waals surface area contributed by atoms with Crippen LogP contribution in [-0.2, 0) is 9.59 Å². The first-order valence-corrected chi connectivity index (χ1v) is 9.97. The highest BCUT2D eigenvalue weighted by Gasteiger charge is 2.27. The van der Waals surface area contributed by atoms with Gasteiger partial charge in [0.05, 0.1) is 12.1 Å². The first kappa shape index (κ1) is 20.4. The summed E-state index contributed by atoms with van der Waals surface area (Å²) in [5, 5.41) is 3.08. The summed E-state index contributed by atoms with van der Waals surface area (Å²) in [6, 6.07) is 1.92. The largest absolute Gasteiger partial charge is 0.466 e. The van der Waals surface area contributed by atoms with Crippen LogP contribution >= 0.6 is 0 Å². The molecular formula is C20H30N4O4. The molecule has 3 heterocycles. The maximum absolute atomic E-state index is 12.6. The van der Waals surface area contributed by atoms with Gasteiger partial charge >= 0.3 is 0 Å². The van der Waals surface area contributed by atoms with Crippen molar-refractivity contribution in [2.24, 2.45) is 0 Å². The number of aryl methyl sites for hydroxylation is 2. The van der Waals surface area contributed by atoms with Gasteiger partial charge in [0, 0.05) is 52.2 Å². The van der Waals surface area contributed by atoms with Gasteiger partial charge in [0.25, 0.3) is 5.91 Å². The number of piperazine rings is 1. The molecule has 8 nitrogen and oxygen atoms in total. The molecule has 1 N–H and O–H groups in total. The average molecular weight is 390 g/mol. The summed E-state index contributed by atoms with van der Waals surface area (Å²) >= 11 is 0. The number of hydrogen-bond acceptors (Lipinski definition) is 5. The molecule has 0 aliphatic carbocycles. The molecular weight excluding hydrogens is 360 g/mol. The minimum Gasteiger partial charge on any atom is -0.466 e. The molecule has 0 saturated carbocycles. The van der Waals surface area contributed by atoms with Gasteiger partial charge in [-0.15, -0.1) is 0 Å². The Labute approximate surface area is 165 Å². The van der Waals surface area contributed by atoms with Gasteiger partial charge in [-0.2, -0.15) is 0 Å².